The summed E-state index contributed by atoms with van der Waals surface area (Å²) in [5.41, 5.74) is 2.67. The Kier molecular flexibility index (Phi) is 6.61. The lowest BCUT2D eigenvalue weighted by Crippen LogP contribution is -2.34. The van der Waals surface area contributed by atoms with Gasteiger partial charge in [-0.15, -0.1) is 0 Å². The van der Waals surface area contributed by atoms with Crippen molar-refractivity contribution in [2.45, 2.75) is 19.9 Å². The van der Waals surface area contributed by atoms with Crippen LogP contribution in [0.5, 0.6) is 5.75 Å². The van der Waals surface area contributed by atoms with Crippen molar-refractivity contribution in [1.82, 2.24) is 4.90 Å². The fourth-order valence-corrected chi connectivity index (χ4v) is 4.33. The van der Waals surface area contributed by atoms with Gasteiger partial charge in [0.05, 0.1) is 23.9 Å². The van der Waals surface area contributed by atoms with E-state index in [1.807, 2.05) is 72.0 Å². The number of allylic oxidation sites excluding steroid dienone is 1. The Hall–Kier alpha value is -3.52. The normalized spacial score (nSPS) is 17.0. The molecular formula is C24H23N3O4S. The van der Waals surface area contributed by atoms with E-state index in [0.29, 0.717) is 22.7 Å². The van der Waals surface area contributed by atoms with Crippen LogP contribution in [0.25, 0.3) is 0 Å². The van der Waals surface area contributed by atoms with Crippen LogP contribution in [-0.4, -0.2) is 35.2 Å². The van der Waals surface area contributed by atoms with E-state index in [2.05, 4.69) is 10.3 Å². The molecule has 0 aromatic heterocycles. The van der Waals surface area contributed by atoms with Gasteiger partial charge < -0.3 is 19.7 Å². The molecule has 0 saturated carbocycles. The van der Waals surface area contributed by atoms with Crippen LogP contribution in [0.1, 0.15) is 25.5 Å². The number of esters is 1. The molecule has 4 rings (SSSR count). The second-order valence-electron chi connectivity index (χ2n) is 7.10. The van der Waals surface area contributed by atoms with Crippen molar-refractivity contribution in [1.29, 1.82) is 0 Å². The second kappa shape index (κ2) is 9.74. The van der Waals surface area contributed by atoms with Crippen LogP contribution < -0.4 is 10.1 Å². The van der Waals surface area contributed by atoms with Gasteiger partial charge in [-0.1, -0.05) is 42.1 Å². The van der Waals surface area contributed by atoms with Gasteiger partial charge in [0.1, 0.15) is 5.75 Å². The smallest absolute Gasteiger partial charge is 0.338 e. The Morgan fingerprint density at radius 3 is 2.75 bits per heavy atom. The molecule has 1 unspecified atom stereocenters. The third-order valence-electron chi connectivity index (χ3n) is 4.92. The molecular weight excluding hydrogens is 426 g/mol. The van der Waals surface area contributed by atoms with Crippen molar-refractivity contribution < 1.29 is 19.1 Å². The number of carbonyl (C=O) groups excluding carboxylic acids is 2. The van der Waals surface area contributed by atoms with Crippen LogP contribution in [0.15, 0.2) is 82.5 Å². The first-order valence-corrected chi connectivity index (χ1v) is 11.1. The minimum absolute atomic E-state index is 0.130. The van der Waals surface area contributed by atoms with Gasteiger partial charge in [0, 0.05) is 11.9 Å². The summed E-state index contributed by atoms with van der Waals surface area (Å²) >= 11 is 1.50. The van der Waals surface area contributed by atoms with Crippen LogP contribution in [-0.2, 0) is 14.3 Å². The number of aliphatic imine (C=N–C) groups is 1. The molecule has 7 nitrogen and oxygen atoms in total. The van der Waals surface area contributed by atoms with Crippen LogP contribution >= 0.6 is 11.8 Å². The number of hydrogen-bond acceptors (Lipinski definition) is 7. The number of benzene rings is 2. The maximum Gasteiger partial charge on any atom is 0.338 e. The van der Waals surface area contributed by atoms with E-state index in [1.165, 1.54) is 11.8 Å². The van der Waals surface area contributed by atoms with Crippen molar-refractivity contribution in [2.75, 3.05) is 18.5 Å². The summed E-state index contributed by atoms with van der Waals surface area (Å²) in [6.45, 7) is 3.75. The Morgan fingerprint density at radius 2 is 1.97 bits per heavy atom. The number of para-hydroxylation sites is 1. The van der Waals surface area contributed by atoms with E-state index in [0.717, 1.165) is 10.7 Å². The zero-order valence-corrected chi connectivity index (χ0v) is 18.6. The number of hydrogen-bond donors (Lipinski definition) is 1. The van der Waals surface area contributed by atoms with Crippen LogP contribution in [0.2, 0.25) is 0 Å². The molecule has 0 radical (unpaired) electrons. The van der Waals surface area contributed by atoms with E-state index < -0.39 is 12.0 Å². The fraction of sp³-hybridized carbons (Fsp3) is 0.208. The molecule has 2 aromatic carbocycles. The van der Waals surface area contributed by atoms with E-state index in [-0.39, 0.29) is 19.1 Å². The first-order chi connectivity index (χ1) is 15.6. The molecule has 0 fully saturated rings. The molecule has 1 amide bonds. The summed E-state index contributed by atoms with van der Waals surface area (Å²) < 4.78 is 11.0. The van der Waals surface area contributed by atoms with Gasteiger partial charge in [-0.05, 0) is 49.1 Å². The lowest BCUT2D eigenvalue weighted by atomic mass is 9.94. The molecule has 0 bridgehead atoms. The maximum absolute atomic E-state index is 12.8. The average molecular weight is 450 g/mol. The van der Waals surface area contributed by atoms with E-state index >= 15 is 0 Å². The molecule has 8 heteroatoms. The highest BCUT2D eigenvalue weighted by Crippen LogP contribution is 2.41. The standard InChI is InChI=1S/C24H23N3O4S/c1-3-30-23(29)21-16(2)25-24-27(12-13-32-24)22(21)17-8-7-11-19(14-17)31-15-20(28)26-18-9-5-4-6-10-18/h4-14,22H,3,15H2,1-2H3,(H,26,28). The van der Waals surface area contributed by atoms with Gasteiger partial charge in [-0.3, -0.25) is 4.79 Å². The van der Waals surface area contributed by atoms with Gasteiger partial charge >= 0.3 is 5.97 Å². The summed E-state index contributed by atoms with van der Waals surface area (Å²) in [5.74, 6) is -0.112. The second-order valence-corrected chi connectivity index (χ2v) is 7.98. The van der Waals surface area contributed by atoms with Crippen molar-refractivity contribution >= 4 is 34.5 Å². The van der Waals surface area contributed by atoms with Crippen LogP contribution in [0.3, 0.4) is 0 Å². The number of amidine groups is 1. The van der Waals surface area contributed by atoms with Crippen LogP contribution in [0.4, 0.5) is 5.69 Å². The third kappa shape index (κ3) is 4.70. The lowest BCUT2D eigenvalue weighted by Gasteiger charge is -2.33. The highest BCUT2D eigenvalue weighted by molar-refractivity contribution is 8.16. The highest BCUT2D eigenvalue weighted by Gasteiger charge is 2.37. The number of nitrogens with zero attached hydrogens (tertiary/aromatic N) is 2. The topological polar surface area (TPSA) is 80.2 Å². The Bertz CT molecular complexity index is 1110. The van der Waals surface area contributed by atoms with Gasteiger partial charge in [0.25, 0.3) is 5.91 Å². The molecule has 2 aromatic rings. The molecule has 1 N–H and O–H groups in total. The molecule has 2 aliphatic rings. The zero-order chi connectivity index (χ0) is 22.5. The Labute approximate surface area is 190 Å². The number of carbonyl (C=O) groups is 2. The monoisotopic (exact) mass is 449 g/mol. The number of fused-ring (bicyclic) bond motifs is 1. The van der Waals surface area contributed by atoms with Gasteiger partial charge in [0.15, 0.2) is 11.8 Å². The van der Waals surface area contributed by atoms with E-state index in [4.69, 9.17) is 9.47 Å². The number of nitrogens with one attached hydrogen (secondary N) is 1. The Balaban J connectivity index is 1.54. The minimum Gasteiger partial charge on any atom is -0.484 e. The largest absolute Gasteiger partial charge is 0.484 e. The predicted molar refractivity (Wildman–Crippen MR) is 125 cm³/mol. The first kappa shape index (κ1) is 21.7. The number of anilines is 1. The number of rotatable bonds is 7. The quantitative estimate of drug-likeness (QED) is 0.628. The van der Waals surface area contributed by atoms with Crippen molar-refractivity contribution in [3.05, 3.63) is 83.0 Å². The molecule has 32 heavy (non-hydrogen) atoms. The molecule has 164 valence electrons. The first-order valence-electron chi connectivity index (χ1n) is 10.2. The predicted octanol–water partition coefficient (Wildman–Crippen LogP) is 4.47. The SMILES string of the molecule is CCOC(=O)C1=C(C)N=C2SC=CN2C1c1cccc(OCC(=O)Nc2ccccc2)c1. The van der Waals surface area contributed by atoms with E-state index in [9.17, 15) is 9.59 Å². The summed E-state index contributed by atoms with van der Waals surface area (Å²) in [5, 5.41) is 5.53. The van der Waals surface area contributed by atoms with Gasteiger partial charge in [-0.25, -0.2) is 9.79 Å². The molecule has 0 saturated heterocycles. The van der Waals surface area contributed by atoms with Crippen molar-refractivity contribution in [3.8, 4) is 5.75 Å². The van der Waals surface area contributed by atoms with Crippen molar-refractivity contribution in [3.63, 3.8) is 0 Å². The fourth-order valence-electron chi connectivity index (χ4n) is 3.54. The van der Waals surface area contributed by atoms with Gasteiger partial charge in [-0.2, -0.15) is 0 Å². The molecule has 1 atom stereocenters. The zero-order valence-electron chi connectivity index (χ0n) is 17.8. The summed E-state index contributed by atoms with van der Waals surface area (Å²) in [4.78, 5) is 31.5. The molecule has 2 aliphatic heterocycles. The third-order valence-corrected chi connectivity index (χ3v) is 5.69. The summed E-state index contributed by atoms with van der Waals surface area (Å²) in [6, 6.07) is 16.2. The molecule has 2 heterocycles. The number of amides is 1. The Morgan fingerprint density at radius 1 is 1.16 bits per heavy atom. The lowest BCUT2D eigenvalue weighted by molar-refractivity contribution is -0.139. The average Bonchev–Trinajstić information content (AvgIpc) is 3.26. The van der Waals surface area contributed by atoms with Crippen molar-refractivity contribution in [2.24, 2.45) is 4.99 Å². The number of thioether (sulfide) groups is 1. The van der Waals surface area contributed by atoms with Gasteiger partial charge in [0.2, 0.25) is 0 Å². The molecule has 0 spiro atoms. The summed E-state index contributed by atoms with van der Waals surface area (Å²) in [7, 11) is 0. The highest BCUT2D eigenvalue weighted by atomic mass is 32.2. The van der Waals surface area contributed by atoms with Crippen LogP contribution in [0, 0.1) is 0 Å². The summed E-state index contributed by atoms with van der Waals surface area (Å²) in [6.07, 6.45) is 1.90. The maximum atomic E-state index is 12.8. The van der Waals surface area contributed by atoms with E-state index in [1.54, 1.807) is 13.0 Å². The molecule has 0 aliphatic carbocycles. The minimum atomic E-state index is -0.394. The number of ether oxygens (including phenoxy) is 2.